The van der Waals surface area contributed by atoms with Crippen molar-refractivity contribution in [1.82, 2.24) is 14.8 Å². The highest BCUT2D eigenvalue weighted by atomic mass is 79.9. The number of carbonyl (C=O) groups excluding carboxylic acids is 1. The van der Waals surface area contributed by atoms with Gasteiger partial charge in [0.25, 0.3) is 0 Å². The number of allylic oxidation sites excluding steroid dienone is 2. The number of carbonyl (C=O) groups is 1. The minimum atomic E-state index is -0.278. The van der Waals surface area contributed by atoms with Crippen LogP contribution < -0.4 is 5.32 Å². The van der Waals surface area contributed by atoms with Crippen LogP contribution in [-0.4, -0.2) is 20.5 Å². The van der Waals surface area contributed by atoms with E-state index in [4.69, 9.17) is 10.1 Å². The van der Waals surface area contributed by atoms with Crippen molar-refractivity contribution in [2.45, 2.75) is 57.5 Å². The highest BCUT2D eigenvalue weighted by molar-refractivity contribution is 9.10. The zero-order chi connectivity index (χ0) is 23.3. The summed E-state index contributed by atoms with van der Waals surface area (Å²) in [7, 11) is 0. The summed E-state index contributed by atoms with van der Waals surface area (Å²) in [5.74, 6) is 1.69. The van der Waals surface area contributed by atoms with Crippen molar-refractivity contribution >= 4 is 39.4 Å². The van der Waals surface area contributed by atoms with E-state index in [2.05, 4.69) is 79.3 Å². The Kier molecular flexibility index (Phi) is 5.73. The third kappa shape index (κ3) is 4.41. The van der Waals surface area contributed by atoms with Crippen LogP contribution in [0, 0.1) is 19.3 Å². The molecule has 5 nitrogen and oxygen atoms in total. The molecule has 0 amide bonds. The fourth-order valence-corrected chi connectivity index (χ4v) is 6.04. The average molecular weight is 524 g/mol. The molecule has 0 radical (unpaired) electrons. The summed E-state index contributed by atoms with van der Waals surface area (Å²) in [6, 6.07) is 14.4. The SMILES string of the molecule is Cc1ccc(C)c(CSc2nc3n(n2)[C@H](c2cccc(Br)c2)C2=C(CC(C)(C)CC2=O)N3)c1. The number of aromatic nitrogens is 3. The average Bonchev–Trinajstić information content (AvgIpc) is 3.14. The maximum atomic E-state index is 13.3. The Morgan fingerprint density at radius 2 is 2.00 bits per heavy atom. The van der Waals surface area contributed by atoms with Gasteiger partial charge < -0.3 is 5.32 Å². The van der Waals surface area contributed by atoms with Gasteiger partial charge in [0.05, 0.1) is 0 Å². The lowest BCUT2D eigenvalue weighted by Crippen LogP contribution is -2.36. The van der Waals surface area contributed by atoms with E-state index in [0.29, 0.717) is 17.5 Å². The number of ketones is 1. The second-order valence-corrected chi connectivity index (χ2v) is 11.7. The lowest BCUT2D eigenvalue weighted by Gasteiger charge is -2.38. The summed E-state index contributed by atoms with van der Waals surface area (Å²) < 4.78 is 2.87. The van der Waals surface area contributed by atoms with Crippen molar-refractivity contribution in [3.8, 4) is 0 Å². The van der Waals surface area contributed by atoms with Crippen LogP contribution in [0.15, 0.2) is 63.4 Å². The number of halogens is 1. The van der Waals surface area contributed by atoms with Gasteiger partial charge in [-0.15, -0.1) is 5.10 Å². The Labute approximate surface area is 207 Å². The lowest BCUT2D eigenvalue weighted by atomic mass is 9.73. The van der Waals surface area contributed by atoms with Gasteiger partial charge in [-0.25, -0.2) is 4.68 Å². The molecule has 0 bridgehead atoms. The smallest absolute Gasteiger partial charge is 0.227 e. The third-order valence-corrected chi connectivity index (χ3v) is 7.72. The molecule has 0 saturated heterocycles. The summed E-state index contributed by atoms with van der Waals surface area (Å²) in [6.45, 7) is 8.55. The lowest BCUT2D eigenvalue weighted by molar-refractivity contribution is -0.118. The molecule has 2 aromatic carbocycles. The van der Waals surface area contributed by atoms with E-state index in [1.807, 2.05) is 16.8 Å². The molecule has 0 unspecified atom stereocenters. The van der Waals surface area contributed by atoms with Crippen LogP contribution in [0.1, 0.15) is 55.0 Å². The quantitative estimate of drug-likeness (QED) is 0.390. The molecule has 170 valence electrons. The second-order valence-electron chi connectivity index (χ2n) is 9.80. The zero-order valence-electron chi connectivity index (χ0n) is 19.3. The first-order valence-corrected chi connectivity index (χ1v) is 12.9. The summed E-state index contributed by atoms with van der Waals surface area (Å²) in [5.41, 5.74) is 6.56. The third-order valence-electron chi connectivity index (χ3n) is 6.34. The standard InChI is InChI=1S/C26H27BrN4OS/c1-15-8-9-16(2)18(10-15)14-33-25-29-24-28-20-12-26(3,4)13-21(32)22(20)23(31(24)30-25)17-6-5-7-19(27)11-17/h5-11,23H,12-14H2,1-4H3,(H,28,29,30)/t23-/m1/s1. The number of benzene rings is 2. The largest absolute Gasteiger partial charge is 0.328 e. The number of thioether (sulfide) groups is 1. The van der Waals surface area contributed by atoms with Gasteiger partial charge >= 0.3 is 0 Å². The highest BCUT2D eigenvalue weighted by Gasteiger charge is 2.41. The molecule has 0 spiro atoms. The summed E-state index contributed by atoms with van der Waals surface area (Å²) >= 11 is 5.22. The van der Waals surface area contributed by atoms with E-state index in [-0.39, 0.29) is 17.2 Å². The van der Waals surface area contributed by atoms with Crippen molar-refractivity contribution < 1.29 is 4.79 Å². The van der Waals surface area contributed by atoms with Gasteiger partial charge in [-0.1, -0.05) is 77.4 Å². The van der Waals surface area contributed by atoms with Gasteiger partial charge in [0.15, 0.2) is 5.78 Å². The van der Waals surface area contributed by atoms with Crippen LogP contribution in [0.2, 0.25) is 0 Å². The van der Waals surface area contributed by atoms with Gasteiger partial charge in [-0.05, 0) is 54.5 Å². The molecular weight excluding hydrogens is 496 g/mol. The van der Waals surface area contributed by atoms with Crippen molar-refractivity contribution in [3.05, 3.63) is 80.5 Å². The molecule has 1 aliphatic heterocycles. The number of anilines is 1. The van der Waals surface area contributed by atoms with E-state index in [1.165, 1.54) is 16.7 Å². The van der Waals surface area contributed by atoms with Crippen LogP contribution in [-0.2, 0) is 10.5 Å². The normalized spacial score (nSPS) is 19.2. The van der Waals surface area contributed by atoms with Crippen LogP contribution in [0.25, 0.3) is 0 Å². The maximum Gasteiger partial charge on any atom is 0.227 e. The van der Waals surface area contributed by atoms with Crippen LogP contribution in [0.3, 0.4) is 0 Å². The molecule has 1 atom stereocenters. The molecule has 33 heavy (non-hydrogen) atoms. The molecule has 7 heteroatoms. The van der Waals surface area contributed by atoms with E-state index in [9.17, 15) is 4.79 Å². The molecule has 2 aliphatic rings. The first kappa shape index (κ1) is 22.4. The highest BCUT2D eigenvalue weighted by Crippen LogP contribution is 2.46. The van der Waals surface area contributed by atoms with Crippen LogP contribution in [0.4, 0.5) is 5.95 Å². The number of nitrogens with zero attached hydrogens (tertiary/aromatic N) is 3. The Morgan fingerprint density at radius 1 is 1.18 bits per heavy atom. The van der Waals surface area contributed by atoms with E-state index >= 15 is 0 Å². The minimum absolute atomic E-state index is 0.0762. The van der Waals surface area contributed by atoms with E-state index in [1.54, 1.807) is 11.8 Å². The Bertz CT molecular complexity index is 1290. The Morgan fingerprint density at radius 3 is 2.79 bits per heavy atom. The van der Waals surface area contributed by atoms with Gasteiger partial charge in [0.2, 0.25) is 11.1 Å². The molecule has 3 aromatic rings. The number of hydrogen-bond acceptors (Lipinski definition) is 5. The molecule has 0 fully saturated rings. The molecule has 1 aliphatic carbocycles. The number of nitrogens with one attached hydrogen (secondary N) is 1. The number of rotatable bonds is 4. The van der Waals surface area contributed by atoms with Crippen molar-refractivity contribution in [2.75, 3.05) is 5.32 Å². The van der Waals surface area contributed by atoms with Gasteiger partial charge in [0, 0.05) is 27.9 Å². The summed E-state index contributed by atoms with van der Waals surface area (Å²) in [6.07, 6.45) is 1.35. The predicted octanol–water partition coefficient (Wildman–Crippen LogP) is 6.61. The minimum Gasteiger partial charge on any atom is -0.328 e. The first-order valence-electron chi connectivity index (χ1n) is 11.1. The molecule has 2 heterocycles. The van der Waals surface area contributed by atoms with Crippen molar-refractivity contribution in [2.24, 2.45) is 5.41 Å². The number of fused-ring (bicyclic) bond motifs is 1. The Hall–Kier alpha value is -2.38. The van der Waals surface area contributed by atoms with Gasteiger partial charge in [0.1, 0.15) is 6.04 Å². The first-order chi connectivity index (χ1) is 15.7. The van der Waals surface area contributed by atoms with Crippen molar-refractivity contribution in [3.63, 3.8) is 0 Å². The van der Waals surface area contributed by atoms with Gasteiger partial charge in [-0.2, -0.15) is 4.98 Å². The number of hydrogen-bond donors (Lipinski definition) is 1. The van der Waals surface area contributed by atoms with E-state index < -0.39 is 0 Å². The number of aryl methyl sites for hydroxylation is 2. The van der Waals surface area contributed by atoms with Gasteiger partial charge in [-0.3, -0.25) is 4.79 Å². The topological polar surface area (TPSA) is 59.8 Å². The molecule has 5 rings (SSSR count). The maximum absolute atomic E-state index is 13.3. The predicted molar refractivity (Wildman–Crippen MR) is 136 cm³/mol. The second kappa shape index (κ2) is 8.44. The van der Waals surface area contributed by atoms with Crippen molar-refractivity contribution in [1.29, 1.82) is 0 Å². The summed E-state index contributed by atoms with van der Waals surface area (Å²) in [4.78, 5) is 18.2. The number of Topliss-reactive ketones (excluding diaryl/α,β-unsaturated/α-hetero) is 1. The monoisotopic (exact) mass is 522 g/mol. The fourth-order valence-electron chi connectivity index (χ4n) is 4.73. The van der Waals surface area contributed by atoms with E-state index in [0.717, 1.165) is 33.5 Å². The molecule has 1 aromatic heterocycles. The molecule has 0 saturated carbocycles. The molecular formula is C26H27BrN4OS. The van der Waals surface area contributed by atoms with Crippen LogP contribution >= 0.6 is 27.7 Å². The summed E-state index contributed by atoms with van der Waals surface area (Å²) in [5, 5.41) is 9.05. The van der Waals surface area contributed by atoms with Crippen LogP contribution in [0.5, 0.6) is 0 Å². The fraction of sp³-hybridized carbons (Fsp3) is 0.346. The molecule has 1 N–H and O–H groups in total. The zero-order valence-corrected chi connectivity index (χ0v) is 21.7. The Balaban J connectivity index is 1.53.